The number of hydrogen-bond acceptors (Lipinski definition) is 7. The van der Waals surface area contributed by atoms with Gasteiger partial charge in [-0.05, 0) is 29.7 Å². The molecule has 0 saturated heterocycles. The molecule has 0 saturated carbocycles. The summed E-state index contributed by atoms with van der Waals surface area (Å²) in [5.74, 6) is -0.110. The van der Waals surface area contributed by atoms with Crippen molar-refractivity contribution < 1.29 is 4.79 Å². The van der Waals surface area contributed by atoms with Crippen LogP contribution in [0.25, 0.3) is 22.5 Å². The van der Waals surface area contributed by atoms with E-state index in [1.165, 1.54) is 11.9 Å². The molecule has 4 rings (SSSR count). The molecule has 3 heterocycles. The molecule has 0 bridgehead atoms. The van der Waals surface area contributed by atoms with Crippen molar-refractivity contribution in [3.05, 3.63) is 84.3 Å². The van der Waals surface area contributed by atoms with Crippen molar-refractivity contribution >= 4 is 11.6 Å². The molecular formula is C24H22N6O. The third-order valence-corrected chi connectivity index (χ3v) is 4.97. The number of carbonyl (C=O) groups excluding carboxylic acids is 1. The van der Waals surface area contributed by atoms with Gasteiger partial charge in [-0.2, -0.15) is 0 Å². The highest BCUT2D eigenvalue weighted by molar-refractivity contribution is 6.00. The first kappa shape index (κ1) is 20.3. The monoisotopic (exact) mass is 410 g/mol. The Morgan fingerprint density at radius 3 is 2.48 bits per heavy atom. The van der Waals surface area contributed by atoms with E-state index in [0.29, 0.717) is 5.69 Å². The van der Waals surface area contributed by atoms with Crippen molar-refractivity contribution in [2.24, 2.45) is 0 Å². The van der Waals surface area contributed by atoms with E-state index in [-0.39, 0.29) is 23.7 Å². The van der Waals surface area contributed by atoms with Gasteiger partial charge in [0.2, 0.25) is 0 Å². The maximum Gasteiger partial charge on any atom is 0.189 e. The summed E-state index contributed by atoms with van der Waals surface area (Å²) in [6.45, 7) is 2.15. The normalized spacial score (nSPS) is 10.7. The van der Waals surface area contributed by atoms with Gasteiger partial charge in [-0.3, -0.25) is 9.78 Å². The van der Waals surface area contributed by atoms with Crippen molar-refractivity contribution in [2.45, 2.75) is 26.2 Å². The van der Waals surface area contributed by atoms with Gasteiger partial charge in [0, 0.05) is 36.1 Å². The van der Waals surface area contributed by atoms with Crippen LogP contribution >= 0.6 is 0 Å². The number of rotatable bonds is 7. The van der Waals surface area contributed by atoms with Gasteiger partial charge in [-0.25, -0.2) is 19.9 Å². The number of nitrogen functional groups attached to an aromatic ring is 1. The van der Waals surface area contributed by atoms with Crippen molar-refractivity contribution in [3.8, 4) is 22.5 Å². The molecule has 0 aliphatic heterocycles. The molecule has 0 spiro atoms. The minimum Gasteiger partial charge on any atom is -0.382 e. The summed E-state index contributed by atoms with van der Waals surface area (Å²) in [5.41, 5.74) is 11.2. The highest BCUT2D eigenvalue weighted by Crippen LogP contribution is 2.24. The highest BCUT2D eigenvalue weighted by atomic mass is 16.1. The first-order chi connectivity index (χ1) is 15.2. The Kier molecular flexibility index (Phi) is 6.03. The summed E-state index contributed by atoms with van der Waals surface area (Å²) in [6.07, 6.45) is 10.3. The van der Waals surface area contributed by atoms with Gasteiger partial charge in [-0.15, -0.1) is 0 Å². The van der Waals surface area contributed by atoms with Crippen LogP contribution in [0.3, 0.4) is 0 Å². The van der Waals surface area contributed by atoms with E-state index < -0.39 is 0 Å². The third kappa shape index (κ3) is 4.61. The second kappa shape index (κ2) is 9.21. The van der Waals surface area contributed by atoms with Gasteiger partial charge in [0.25, 0.3) is 0 Å². The molecule has 0 amide bonds. The molecule has 31 heavy (non-hydrogen) atoms. The van der Waals surface area contributed by atoms with Crippen LogP contribution in [0.4, 0.5) is 5.82 Å². The minimum atomic E-state index is -0.224. The first-order valence-electron chi connectivity index (χ1n) is 10.1. The second-order valence-corrected chi connectivity index (χ2v) is 7.16. The second-order valence-electron chi connectivity index (χ2n) is 7.16. The van der Waals surface area contributed by atoms with Crippen LogP contribution in [0.15, 0.2) is 67.5 Å². The van der Waals surface area contributed by atoms with E-state index >= 15 is 0 Å². The van der Waals surface area contributed by atoms with E-state index in [9.17, 15) is 4.79 Å². The van der Waals surface area contributed by atoms with Gasteiger partial charge < -0.3 is 5.73 Å². The van der Waals surface area contributed by atoms with Gasteiger partial charge in [0.05, 0.1) is 17.6 Å². The predicted molar refractivity (Wildman–Crippen MR) is 119 cm³/mol. The molecule has 0 aliphatic carbocycles. The summed E-state index contributed by atoms with van der Waals surface area (Å²) in [7, 11) is 0. The SMILES string of the molecule is CCCc1ccc(-c2cnc(N)c(C(=O)Cc3cnccc3-c3ccncn3)n2)cc1. The smallest absolute Gasteiger partial charge is 0.189 e. The van der Waals surface area contributed by atoms with E-state index in [4.69, 9.17) is 5.73 Å². The molecule has 7 heteroatoms. The molecule has 1 aromatic carbocycles. The number of aromatic nitrogens is 5. The van der Waals surface area contributed by atoms with Gasteiger partial charge in [0.1, 0.15) is 12.0 Å². The van der Waals surface area contributed by atoms with Crippen LogP contribution < -0.4 is 5.73 Å². The number of anilines is 1. The lowest BCUT2D eigenvalue weighted by Crippen LogP contribution is -2.12. The largest absolute Gasteiger partial charge is 0.382 e. The van der Waals surface area contributed by atoms with Gasteiger partial charge >= 0.3 is 0 Å². The number of hydrogen-bond donors (Lipinski definition) is 1. The van der Waals surface area contributed by atoms with E-state index in [0.717, 1.165) is 35.2 Å². The highest BCUT2D eigenvalue weighted by Gasteiger charge is 2.18. The van der Waals surface area contributed by atoms with E-state index in [1.807, 2.05) is 18.2 Å². The van der Waals surface area contributed by atoms with Crippen LogP contribution in [0.2, 0.25) is 0 Å². The Morgan fingerprint density at radius 1 is 0.935 bits per heavy atom. The standard InChI is InChI=1S/C24H22N6O/c1-2-3-16-4-6-17(7-5-16)21-14-28-24(25)23(30-21)22(31)12-18-13-26-10-8-19(18)20-9-11-27-15-29-20/h4-11,13-15H,2-3,12H2,1H3,(H2,25,28). The number of pyridine rings is 1. The maximum atomic E-state index is 13.1. The Bertz CT molecular complexity index is 1190. The van der Waals surface area contributed by atoms with Crippen LogP contribution in [0.5, 0.6) is 0 Å². The molecule has 0 atom stereocenters. The fourth-order valence-electron chi connectivity index (χ4n) is 3.40. The summed E-state index contributed by atoms with van der Waals surface area (Å²) in [4.78, 5) is 34.2. The van der Waals surface area contributed by atoms with E-state index in [1.54, 1.807) is 30.9 Å². The number of Topliss-reactive ketones (excluding diaryl/α,β-unsaturated/α-hetero) is 1. The van der Waals surface area contributed by atoms with Crippen molar-refractivity contribution in [1.29, 1.82) is 0 Å². The van der Waals surface area contributed by atoms with Gasteiger partial charge in [0.15, 0.2) is 11.6 Å². The predicted octanol–water partition coefficient (Wildman–Crippen LogP) is 3.96. The molecule has 2 N–H and O–H groups in total. The number of aryl methyl sites for hydroxylation is 1. The molecule has 7 nitrogen and oxygen atoms in total. The number of nitrogens with zero attached hydrogens (tertiary/aromatic N) is 5. The Labute approximate surface area is 180 Å². The van der Waals surface area contributed by atoms with Crippen LogP contribution in [0, 0.1) is 0 Å². The van der Waals surface area contributed by atoms with Crippen LogP contribution in [-0.2, 0) is 12.8 Å². The fourth-order valence-corrected chi connectivity index (χ4v) is 3.40. The van der Waals surface area contributed by atoms with Crippen molar-refractivity contribution in [3.63, 3.8) is 0 Å². The molecule has 3 aromatic heterocycles. The molecular weight excluding hydrogens is 388 g/mol. The zero-order valence-corrected chi connectivity index (χ0v) is 17.2. The third-order valence-electron chi connectivity index (χ3n) is 4.97. The van der Waals surface area contributed by atoms with Crippen LogP contribution in [-0.4, -0.2) is 30.7 Å². The average Bonchev–Trinajstić information content (AvgIpc) is 2.81. The Hall–Kier alpha value is -4.00. The number of benzene rings is 1. The first-order valence-corrected chi connectivity index (χ1v) is 10.1. The summed E-state index contributed by atoms with van der Waals surface area (Å²) >= 11 is 0. The molecule has 0 aliphatic rings. The summed E-state index contributed by atoms with van der Waals surface area (Å²) < 4.78 is 0. The summed E-state index contributed by atoms with van der Waals surface area (Å²) in [6, 6.07) is 11.8. The maximum absolute atomic E-state index is 13.1. The quantitative estimate of drug-likeness (QED) is 0.460. The lowest BCUT2D eigenvalue weighted by atomic mass is 10.0. The molecule has 0 unspecified atom stereocenters. The lowest BCUT2D eigenvalue weighted by Gasteiger charge is -2.10. The zero-order valence-electron chi connectivity index (χ0n) is 17.2. The molecule has 4 aromatic rings. The number of ketones is 1. The summed E-state index contributed by atoms with van der Waals surface area (Å²) in [5, 5.41) is 0. The topological polar surface area (TPSA) is 108 Å². The molecule has 154 valence electrons. The number of nitrogens with two attached hydrogens (primary N) is 1. The lowest BCUT2D eigenvalue weighted by molar-refractivity contribution is 0.0989. The number of carbonyl (C=O) groups is 1. The van der Waals surface area contributed by atoms with Crippen molar-refractivity contribution in [1.82, 2.24) is 24.9 Å². The molecule has 0 fully saturated rings. The average molecular weight is 410 g/mol. The van der Waals surface area contributed by atoms with E-state index in [2.05, 4.69) is 44.0 Å². The minimum absolute atomic E-state index is 0.0882. The fraction of sp³-hybridized carbons (Fsp3) is 0.167. The van der Waals surface area contributed by atoms with Gasteiger partial charge in [-0.1, -0.05) is 37.6 Å². The molecule has 0 radical (unpaired) electrons. The Morgan fingerprint density at radius 2 is 1.74 bits per heavy atom. The van der Waals surface area contributed by atoms with Crippen LogP contribution in [0.1, 0.15) is 35.0 Å². The van der Waals surface area contributed by atoms with Crippen molar-refractivity contribution in [2.75, 3.05) is 5.73 Å². The Balaban J connectivity index is 1.62. The zero-order chi connectivity index (χ0) is 21.6.